The molecule has 3 aliphatic heterocycles. The van der Waals surface area contributed by atoms with Crippen molar-refractivity contribution < 1.29 is 14.3 Å². The van der Waals surface area contributed by atoms with E-state index in [1.807, 2.05) is 23.1 Å². The number of carbonyl (C=O) groups is 2. The number of carbonyl (C=O) groups excluding carboxylic acids is 2. The number of likely N-dealkylation sites (tertiary alicyclic amines) is 1. The average molecular weight is 575 g/mol. The number of nitrogens with zero attached hydrogens (tertiary/aromatic N) is 3. The Bertz CT molecular complexity index is 1170. The molecular formula is C35H50N4O3. The molecule has 5 rings (SSSR count). The van der Waals surface area contributed by atoms with Crippen LogP contribution in [0, 0.1) is 0 Å². The predicted molar refractivity (Wildman–Crippen MR) is 169 cm³/mol. The molecule has 0 saturated carbocycles. The molecule has 0 aromatic heterocycles. The highest BCUT2D eigenvalue weighted by molar-refractivity contribution is 5.97. The largest absolute Gasteiger partial charge is 0.381 e. The van der Waals surface area contributed by atoms with Gasteiger partial charge in [0.15, 0.2) is 0 Å². The van der Waals surface area contributed by atoms with Crippen molar-refractivity contribution >= 4 is 17.5 Å². The highest BCUT2D eigenvalue weighted by Gasteiger charge is 2.25. The zero-order valence-electron chi connectivity index (χ0n) is 25.6. The molecule has 0 atom stereocenters. The molecule has 0 bridgehead atoms. The molecule has 0 radical (unpaired) electrons. The molecule has 0 aliphatic carbocycles. The number of rotatable bonds is 6. The molecule has 2 saturated heterocycles. The van der Waals surface area contributed by atoms with Crippen molar-refractivity contribution in [3.05, 3.63) is 64.7 Å². The van der Waals surface area contributed by atoms with Crippen LogP contribution in [0.4, 0.5) is 5.69 Å². The zero-order chi connectivity index (χ0) is 29.1. The number of anilines is 1. The van der Waals surface area contributed by atoms with Gasteiger partial charge < -0.3 is 15.0 Å². The Labute approximate surface area is 252 Å². The van der Waals surface area contributed by atoms with E-state index < -0.39 is 0 Å². The summed E-state index contributed by atoms with van der Waals surface area (Å²) >= 11 is 0. The molecule has 1 N–H and O–H groups in total. The maximum Gasteiger partial charge on any atom is 0.251 e. The normalized spacial score (nSPS) is 20.3. The molecule has 7 heteroatoms. The van der Waals surface area contributed by atoms with Gasteiger partial charge in [0.2, 0.25) is 5.91 Å². The summed E-state index contributed by atoms with van der Waals surface area (Å²) < 4.78 is 5.68. The Hall–Kier alpha value is -2.74. The summed E-state index contributed by atoms with van der Waals surface area (Å²) in [6, 6.07) is 14.9. The summed E-state index contributed by atoms with van der Waals surface area (Å²) in [5.41, 5.74) is 5.14. The topological polar surface area (TPSA) is 65.1 Å². The van der Waals surface area contributed by atoms with Crippen LogP contribution in [0.3, 0.4) is 0 Å². The minimum Gasteiger partial charge on any atom is -0.381 e. The van der Waals surface area contributed by atoms with Crippen LogP contribution in [0.1, 0.15) is 98.2 Å². The van der Waals surface area contributed by atoms with Gasteiger partial charge in [-0.1, -0.05) is 49.9 Å². The summed E-state index contributed by atoms with van der Waals surface area (Å²) in [7, 11) is 0. The van der Waals surface area contributed by atoms with Crippen LogP contribution >= 0.6 is 0 Å². The van der Waals surface area contributed by atoms with E-state index in [0.29, 0.717) is 18.2 Å². The highest BCUT2D eigenvalue weighted by Crippen LogP contribution is 2.28. The quantitative estimate of drug-likeness (QED) is 0.465. The molecule has 7 nitrogen and oxygen atoms in total. The lowest BCUT2D eigenvalue weighted by atomic mass is 10.0. The Kier molecular flexibility index (Phi) is 11.4. The van der Waals surface area contributed by atoms with Gasteiger partial charge in [-0.05, 0) is 93.0 Å². The molecule has 2 amide bonds. The smallest absolute Gasteiger partial charge is 0.251 e. The van der Waals surface area contributed by atoms with Gasteiger partial charge in [0.25, 0.3) is 5.91 Å². The number of hydrogen-bond donors (Lipinski definition) is 1. The van der Waals surface area contributed by atoms with Gasteiger partial charge in [0, 0.05) is 63.6 Å². The van der Waals surface area contributed by atoms with Gasteiger partial charge >= 0.3 is 0 Å². The third kappa shape index (κ3) is 8.42. The second-order valence-corrected chi connectivity index (χ2v) is 12.4. The van der Waals surface area contributed by atoms with Crippen molar-refractivity contribution in [3.8, 4) is 0 Å². The molecule has 2 aromatic rings. The van der Waals surface area contributed by atoms with Crippen molar-refractivity contribution in [2.45, 2.75) is 96.8 Å². The van der Waals surface area contributed by atoms with E-state index in [1.54, 1.807) is 6.92 Å². The number of ether oxygens (including phenoxy) is 1. The van der Waals surface area contributed by atoms with Gasteiger partial charge in [-0.25, -0.2) is 0 Å². The minimum absolute atomic E-state index is 0.0634. The minimum atomic E-state index is -0.0660. The molecular weight excluding hydrogens is 524 g/mol. The Balaban J connectivity index is 1.35. The molecule has 2 fully saturated rings. The lowest BCUT2D eigenvalue weighted by Gasteiger charge is -2.36. The summed E-state index contributed by atoms with van der Waals surface area (Å²) in [6.45, 7) is 9.51. The summed E-state index contributed by atoms with van der Waals surface area (Å²) in [5, 5.41) is 3.21. The summed E-state index contributed by atoms with van der Waals surface area (Å²) in [6.07, 6.45) is 11.7. The van der Waals surface area contributed by atoms with Crippen LogP contribution in [0.2, 0.25) is 0 Å². The van der Waals surface area contributed by atoms with Crippen molar-refractivity contribution in [3.63, 3.8) is 0 Å². The SMILES string of the molecule is CC(=O)N1CCCCCCCN(C2CCOCC2)Cc2cc(C(=O)NCc3ccccc3CN3CCCCC3)ccc21. The summed E-state index contributed by atoms with van der Waals surface area (Å²) in [5.74, 6) is -0.00266. The first-order valence-corrected chi connectivity index (χ1v) is 16.4. The number of piperidine rings is 1. The number of nitrogens with one attached hydrogen (secondary N) is 1. The van der Waals surface area contributed by atoms with Crippen LogP contribution in [0.15, 0.2) is 42.5 Å². The summed E-state index contributed by atoms with van der Waals surface area (Å²) in [4.78, 5) is 33.4. The fourth-order valence-corrected chi connectivity index (χ4v) is 6.86. The van der Waals surface area contributed by atoms with Crippen molar-refractivity contribution in [1.82, 2.24) is 15.1 Å². The highest BCUT2D eigenvalue weighted by atomic mass is 16.5. The number of amides is 2. The van der Waals surface area contributed by atoms with E-state index in [2.05, 4.69) is 39.4 Å². The maximum atomic E-state index is 13.5. The third-order valence-corrected chi connectivity index (χ3v) is 9.32. The van der Waals surface area contributed by atoms with Crippen LogP contribution in [-0.4, -0.2) is 67.0 Å². The predicted octanol–water partition coefficient (Wildman–Crippen LogP) is 5.90. The van der Waals surface area contributed by atoms with Gasteiger partial charge in [-0.15, -0.1) is 0 Å². The van der Waals surface area contributed by atoms with Gasteiger partial charge in [-0.3, -0.25) is 19.4 Å². The molecule has 0 spiro atoms. The van der Waals surface area contributed by atoms with Crippen LogP contribution in [-0.2, 0) is 29.2 Å². The second-order valence-electron chi connectivity index (χ2n) is 12.4. The Morgan fingerprint density at radius 3 is 2.26 bits per heavy atom. The fourth-order valence-electron chi connectivity index (χ4n) is 6.86. The van der Waals surface area contributed by atoms with Crippen molar-refractivity contribution in [2.24, 2.45) is 0 Å². The van der Waals surface area contributed by atoms with Gasteiger partial charge in [0.1, 0.15) is 0 Å². The monoisotopic (exact) mass is 574 g/mol. The molecule has 0 unspecified atom stereocenters. The van der Waals surface area contributed by atoms with Gasteiger partial charge in [-0.2, -0.15) is 0 Å². The molecule has 3 heterocycles. The number of benzene rings is 2. The van der Waals surface area contributed by atoms with Crippen molar-refractivity contribution in [1.29, 1.82) is 0 Å². The van der Waals surface area contributed by atoms with Crippen LogP contribution in [0.5, 0.6) is 0 Å². The van der Waals surface area contributed by atoms with Gasteiger partial charge in [0.05, 0.1) is 0 Å². The second kappa shape index (κ2) is 15.6. The molecule has 3 aliphatic rings. The lowest BCUT2D eigenvalue weighted by molar-refractivity contribution is -0.116. The van der Waals surface area contributed by atoms with E-state index in [9.17, 15) is 9.59 Å². The Morgan fingerprint density at radius 2 is 1.50 bits per heavy atom. The first kappa shape index (κ1) is 30.7. The van der Waals surface area contributed by atoms with E-state index in [0.717, 1.165) is 89.4 Å². The van der Waals surface area contributed by atoms with Crippen LogP contribution in [0.25, 0.3) is 0 Å². The van der Waals surface area contributed by atoms with Crippen molar-refractivity contribution in [2.75, 3.05) is 44.3 Å². The Morgan fingerprint density at radius 1 is 0.833 bits per heavy atom. The van der Waals surface area contributed by atoms with E-state index >= 15 is 0 Å². The van der Waals surface area contributed by atoms with E-state index in [1.165, 1.54) is 49.7 Å². The zero-order valence-corrected chi connectivity index (χ0v) is 25.6. The first-order chi connectivity index (χ1) is 20.6. The standard InChI is InChI=1S/C35H50N4O3/c1-28(40)39-21-11-4-2-3-10-20-38(33-16-22-42-23-17-33)27-32-24-29(14-15-34(32)39)35(41)36-25-30-12-6-7-13-31(30)26-37-18-8-5-9-19-37/h6-7,12-15,24,33H,2-5,8-11,16-23,25-27H2,1H3,(H,36,41). The molecule has 228 valence electrons. The average Bonchev–Trinajstić information content (AvgIpc) is 3.01. The van der Waals surface area contributed by atoms with E-state index in [4.69, 9.17) is 4.74 Å². The third-order valence-electron chi connectivity index (χ3n) is 9.32. The fraction of sp³-hybridized carbons (Fsp3) is 0.600. The molecule has 42 heavy (non-hydrogen) atoms. The lowest BCUT2D eigenvalue weighted by Crippen LogP contribution is -2.40. The number of fused-ring (bicyclic) bond motifs is 1. The molecule has 2 aromatic carbocycles. The van der Waals surface area contributed by atoms with Crippen LogP contribution < -0.4 is 10.2 Å². The van der Waals surface area contributed by atoms with E-state index in [-0.39, 0.29) is 11.8 Å². The number of hydrogen-bond acceptors (Lipinski definition) is 5. The maximum absolute atomic E-state index is 13.5. The first-order valence-electron chi connectivity index (χ1n) is 16.4.